The van der Waals surface area contributed by atoms with Crippen molar-refractivity contribution in [2.75, 3.05) is 37.7 Å². The molecule has 1 aliphatic rings. The number of amides is 1. The molecule has 21 heavy (non-hydrogen) atoms. The molecule has 0 aliphatic carbocycles. The standard InChI is InChI=1S/C14H19N3O3S/c1-10-11(14(19)20)2-3-12(16-10)13(18)15-4-5-17-6-8-21-9-7-17/h2-3H,4-9H2,1H3,(H,15,18)(H,19,20). The molecule has 1 aromatic rings. The molecule has 2 N–H and O–H groups in total. The number of hydrogen-bond donors (Lipinski definition) is 2. The number of aromatic carboxylic acids is 1. The van der Waals surface area contributed by atoms with Crippen LogP contribution in [-0.4, -0.2) is 64.6 Å². The highest BCUT2D eigenvalue weighted by Gasteiger charge is 2.14. The predicted octanol–water partition coefficient (Wildman–Crippen LogP) is 0.867. The second kappa shape index (κ2) is 7.42. The predicted molar refractivity (Wildman–Crippen MR) is 82.0 cm³/mol. The summed E-state index contributed by atoms with van der Waals surface area (Å²) in [7, 11) is 0. The summed E-state index contributed by atoms with van der Waals surface area (Å²) in [6, 6.07) is 2.87. The summed E-state index contributed by atoms with van der Waals surface area (Å²) < 4.78 is 0. The van der Waals surface area contributed by atoms with Gasteiger partial charge in [-0.25, -0.2) is 9.78 Å². The molecule has 0 radical (unpaired) electrons. The fourth-order valence-electron chi connectivity index (χ4n) is 2.16. The molecule has 1 saturated heterocycles. The lowest BCUT2D eigenvalue weighted by atomic mass is 10.2. The lowest BCUT2D eigenvalue weighted by Crippen LogP contribution is -2.39. The average Bonchev–Trinajstić information content (AvgIpc) is 2.47. The Kier molecular flexibility index (Phi) is 5.58. The van der Waals surface area contributed by atoms with Crippen LogP contribution in [-0.2, 0) is 0 Å². The molecule has 114 valence electrons. The number of nitrogens with zero attached hydrogens (tertiary/aromatic N) is 2. The molecule has 0 unspecified atom stereocenters. The van der Waals surface area contributed by atoms with Crippen LogP contribution in [0.25, 0.3) is 0 Å². The van der Waals surface area contributed by atoms with Crippen LogP contribution < -0.4 is 5.32 Å². The number of pyridine rings is 1. The summed E-state index contributed by atoms with van der Waals surface area (Å²) >= 11 is 1.95. The molecule has 2 rings (SSSR count). The summed E-state index contributed by atoms with van der Waals surface area (Å²) in [4.78, 5) is 29.3. The number of nitrogens with one attached hydrogen (secondary N) is 1. The first-order valence-electron chi connectivity index (χ1n) is 6.87. The topological polar surface area (TPSA) is 82.5 Å². The number of hydrogen-bond acceptors (Lipinski definition) is 5. The van der Waals surface area contributed by atoms with Crippen molar-refractivity contribution < 1.29 is 14.7 Å². The van der Waals surface area contributed by atoms with Crippen LogP contribution in [0.5, 0.6) is 0 Å². The van der Waals surface area contributed by atoms with Crippen molar-refractivity contribution in [2.24, 2.45) is 0 Å². The molecule has 0 saturated carbocycles. The lowest BCUT2D eigenvalue weighted by molar-refractivity contribution is 0.0694. The Morgan fingerprint density at radius 1 is 1.38 bits per heavy atom. The van der Waals surface area contributed by atoms with E-state index in [1.54, 1.807) is 6.92 Å². The zero-order valence-corrected chi connectivity index (χ0v) is 12.8. The number of carboxylic acid groups (broad SMARTS) is 1. The summed E-state index contributed by atoms with van der Waals surface area (Å²) in [5, 5.41) is 11.8. The Bertz CT molecular complexity index is 530. The van der Waals surface area contributed by atoms with E-state index in [-0.39, 0.29) is 17.2 Å². The van der Waals surface area contributed by atoms with Crippen molar-refractivity contribution in [1.29, 1.82) is 0 Å². The van der Waals surface area contributed by atoms with Crippen LogP contribution in [0.4, 0.5) is 0 Å². The molecule has 0 spiro atoms. The molecule has 1 aromatic heterocycles. The van der Waals surface area contributed by atoms with Crippen LogP contribution >= 0.6 is 11.8 Å². The number of thioether (sulfide) groups is 1. The second-order valence-electron chi connectivity index (χ2n) is 4.84. The summed E-state index contributed by atoms with van der Waals surface area (Å²) in [5.41, 5.74) is 0.729. The van der Waals surface area contributed by atoms with E-state index in [2.05, 4.69) is 15.2 Å². The van der Waals surface area contributed by atoms with E-state index < -0.39 is 5.97 Å². The minimum absolute atomic E-state index is 0.123. The van der Waals surface area contributed by atoms with E-state index in [9.17, 15) is 9.59 Å². The summed E-state index contributed by atoms with van der Waals surface area (Å²) in [6.07, 6.45) is 0. The monoisotopic (exact) mass is 309 g/mol. The molecule has 6 nitrogen and oxygen atoms in total. The van der Waals surface area contributed by atoms with Crippen molar-refractivity contribution in [3.63, 3.8) is 0 Å². The molecule has 7 heteroatoms. The van der Waals surface area contributed by atoms with Crippen LogP contribution in [0.3, 0.4) is 0 Å². The highest BCUT2D eigenvalue weighted by atomic mass is 32.2. The van der Waals surface area contributed by atoms with E-state index in [1.807, 2.05) is 11.8 Å². The first-order chi connectivity index (χ1) is 10.1. The zero-order valence-electron chi connectivity index (χ0n) is 12.0. The van der Waals surface area contributed by atoms with Gasteiger partial charge in [0, 0.05) is 37.7 Å². The maximum Gasteiger partial charge on any atom is 0.337 e. The quantitative estimate of drug-likeness (QED) is 0.840. The smallest absolute Gasteiger partial charge is 0.337 e. The van der Waals surface area contributed by atoms with Gasteiger partial charge in [0.2, 0.25) is 0 Å². The molecule has 1 amide bonds. The molecule has 0 aromatic carbocycles. The molecular weight excluding hydrogens is 290 g/mol. The number of rotatable bonds is 5. The lowest BCUT2D eigenvalue weighted by Gasteiger charge is -2.25. The number of carboxylic acids is 1. The van der Waals surface area contributed by atoms with Gasteiger partial charge in [0.15, 0.2) is 0 Å². The van der Waals surface area contributed by atoms with Gasteiger partial charge in [-0.15, -0.1) is 0 Å². The van der Waals surface area contributed by atoms with Crippen molar-refractivity contribution in [3.05, 3.63) is 29.1 Å². The number of aromatic nitrogens is 1. The second-order valence-corrected chi connectivity index (χ2v) is 6.07. The maximum absolute atomic E-state index is 12.0. The van der Waals surface area contributed by atoms with Crippen molar-refractivity contribution in [3.8, 4) is 0 Å². The number of carbonyl (C=O) groups is 2. The van der Waals surface area contributed by atoms with Crippen LogP contribution in [0, 0.1) is 6.92 Å². The van der Waals surface area contributed by atoms with Gasteiger partial charge in [0.25, 0.3) is 5.91 Å². The van der Waals surface area contributed by atoms with E-state index in [0.29, 0.717) is 12.2 Å². The fourth-order valence-corrected chi connectivity index (χ4v) is 3.14. The minimum atomic E-state index is -1.03. The third-order valence-electron chi connectivity index (χ3n) is 3.37. The molecule has 0 atom stereocenters. The number of carbonyl (C=O) groups excluding carboxylic acids is 1. The van der Waals surface area contributed by atoms with Crippen molar-refractivity contribution in [2.45, 2.75) is 6.92 Å². The Morgan fingerprint density at radius 2 is 2.10 bits per heavy atom. The third-order valence-corrected chi connectivity index (χ3v) is 4.31. The van der Waals surface area contributed by atoms with E-state index >= 15 is 0 Å². The van der Waals surface area contributed by atoms with Gasteiger partial charge >= 0.3 is 5.97 Å². The van der Waals surface area contributed by atoms with Crippen molar-refractivity contribution in [1.82, 2.24) is 15.2 Å². The molecular formula is C14H19N3O3S. The van der Waals surface area contributed by atoms with Gasteiger partial charge in [-0.05, 0) is 19.1 Å². The van der Waals surface area contributed by atoms with E-state index in [0.717, 1.165) is 31.1 Å². The van der Waals surface area contributed by atoms with E-state index in [4.69, 9.17) is 5.11 Å². The Hall–Kier alpha value is -1.60. The fraction of sp³-hybridized carbons (Fsp3) is 0.500. The van der Waals surface area contributed by atoms with Gasteiger partial charge in [-0.1, -0.05) is 0 Å². The average molecular weight is 309 g/mol. The van der Waals surface area contributed by atoms with Crippen LogP contribution in [0.15, 0.2) is 12.1 Å². The maximum atomic E-state index is 12.0. The van der Waals surface area contributed by atoms with Crippen LogP contribution in [0.2, 0.25) is 0 Å². The Balaban J connectivity index is 1.85. The largest absolute Gasteiger partial charge is 0.478 e. The summed E-state index contributed by atoms with van der Waals surface area (Å²) in [6.45, 7) is 5.12. The van der Waals surface area contributed by atoms with E-state index in [1.165, 1.54) is 12.1 Å². The highest BCUT2D eigenvalue weighted by Crippen LogP contribution is 2.08. The van der Waals surface area contributed by atoms with Crippen molar-refractivity contribution >= 4 is 23.6 Å². The molecule has 1 aliphatic heterocycles. The highest BCUT2D eigenvalue weighted by molar-refractivity contribution is 7.99. The normalized spacial score (nSPS) is 15.7. The first-order valence-corrected chi connectivity index (χ1v) is 8.02. The molecule has 2 heterocycles. The third kappa shape index (κ3) is 4.44. The van der Waals surface area contributed by atoms with Crippen LogP contribution in [0.1, 0.15) is 26.5 Å². The Morgan fingerprint density at radius 3 is 2.71 bits per heavy atom. The molecule has 0 bridgehead atoms. The van der Waals surface area contributed by atoms with Gasteiger partial charge in [0.1, 0.15) is 5.69 Å². The summed E-state index contributed by atoms with van der Waals surface area (Å²) in [5.74, 6) is 0.993. The molecule has 1 fully saturated rings. The first kappa shape index (κ1) is 15.8. The zero-order chi connectivity index (χ0) is 15.2. The van der Waals surface area contributed by atoms with Gasteiger partial charge in [-0.3, -0.25) is 9.69 Å². The van der Waals surface area contributed by atoms with Gasteiger partial charge < -0.3 is 10.4 Å². The number of aryl methyl sites for hydroxylation is 1. The SMILES string of the molecule is Cc1nc(C(=O)NCCN2CCSCC2)ccc1C(=O)O. The minimum Gasteiger partial charge on any atom is -0.478 e. The Labute approximate surface area is 127 Å². The van der Waals surface area contributed by atoms with Gasteiger partial charge in [0.05, 0.1) is 11.3 Å². The van der Waals surface area contributed by atoms with Gasteiger partial charge in [-0.2, -0.15) is 11.8 Å².